The molecule has 21 heavy (non-hydrogen) atoms. The van der Waals surface area contributed by atoms with Crippen LogP contribution in [0.3, 0.4) is 0 Å². The highest BCUT2D eigenvalue weighted by Gasteiger charge is 2.33. The number of benzene rings is 2. The minimum atomic E-state index is -0.585. The Bertz CT molecular complexity index is 702. The van der Waals surface area contributed by atoms with Crippen molar-refractivity contribution in [2.24, 2.45) is 0 Å². The highest BCUT2D eigenvalue weighted by atomic mass is 19.1. The summed E-state index contributed by atoms with van der Waals surface area (Å²) in [7, 11) is 0. The Morgan fingerprint density at radius 3 is 2.76 bits per heavy atom. The summed E-state index contributed by atoms with van der Waals surface area (Å²) in [6, 6.07) is 11.1. The molecule has 1 amide bonds. The van der Waals surface area contributed by atoms with Crippen LogP contribution >= 0.6 is 0 Å². The third-order valence-corrected chi connectivity index (χ3v) is 3.64. The molecule has 3 rings (SSSR count). The molecule has 4 nitrogen and oxygen atoms in total. The predicted molar refractivity (Wildman–Crippen MR) is 77.6 cm³/mol. The van der Waals surface area contributed by atoms with E-state index in [1.54, 1.807) is 23.1 Å². The highest BCUT2D eigenvalue weighted by Crippen LogP contribution is 2.34. The first-order chi connectivity index (χ1) is 10.1. The van der Waals surface area contributed by atoms with Crippen LogP contribution in [-0.4, -0.2) is 22.5 Å². The average molecular weight is 286 g/mol. The fraction of sp³-hybridized carbons (Fsp3) is 0.188. The van der Waals surface area contributed by atoms with Gasteiger partial charge in [-0.3, -0.25) is 4.79 Å². The van der Waals surface area contributed by atoms with Crippen molar-refractivity contribution in [3.63, 3.8) is 0 Å². The van der Waals surface area contributed by atoms with Crippen LogP contribution in [0.15, 0.2) is 42.5 Å². The summed E-state index contributed by atoms with van der Waals surface area (Å²) in [6.45, 7) is 2.30. The number of phenols is 1. The second-order valence-electron chi connectivity index (χ2n) is 4.89. The molecule has 0 saturated carbocycles. The highest BCUT2D eigenvalue weighted by molar-refractivity contribution is 6.01. The molecule has 0 bridgehead atoms. The van der Waals surface area contributed by atoms with Crippen LogP contribution in [0.4, 0.5) is 10.1 Å². The normalized spacial score (nSPS) is 17.3. The zero-order chi connectivity index (χ0) is 15.0. The average Bonchev–Trinajstić information content (AvgIpc) is 2.47. The summed E-state index contributed by atoms with van der Waals surface area (Å²) in [5, 5.41) is 12.5. The maximum atomic E-state index is 14.1. The molecule has 1 aliphatic heterocycles. The van der Waals surface area contributed by atoms with Crippen molar-refractivity contribution in [1.82, 2.24) is 4.90 Å². The van der Waals surface area contributed by atoms with Crippen molar-refractivity contribution in [2.75, 3.05) is 11.9 Å². The van der Waals surface area contributed by atoms with E-state index in [2.05, 4.69) is 5.32 Å². The van der Waals surface area contributed by atoms with E-state index in [-0.39, 0.29) is 11.7 Å². The number of hydrogen-bond donors (Lipinski definition) is 2. The molecule has 1 heterocycles. The second-order valence-corrected chi connectivity index (χ2v) is 4.89. The van der Waals surface area contributed by atoms with Gasteiger partial charge in [-0.1, -0.05) is 12.1 Å². The molecule has 0 fully saturated rings. The number of nitrogens with one attached hydrogen (secondary N) is 1. The van der Waals surface area contributed by atoms with Gasteiger partial charge in [0.25, 0.3) is 5.91 Å². The molecule has 2 aromatic carbocycles. The van der Waals surface area contributed by atoms with Gasteiger partial charge in [-0.15, -0.1) is 0 Å². The molecule has 0 aromatic heterocycles. The number of aromatic hydroxyl groups is 1. The van der Waals surface area contributed by atoms with Crippen molar-refractivity contribution in [3.8, 4) is 5.75 Å². The number of fused-ring (bicyclic) bond motifs is 1. The molecule has 0 aliphatic carbocycles. The van der Waals surface area contributed by atoms with Gasteiger partial charge >= 0.3 is 0 Å². The fourth-order valence-electron chi connectivity index (χ4n) is 2.60. The Balaban J connectivity index is 2.08. The number of phenolic OH excluding ortho intramolecular Hbond substituents is 1. The van der Waals surface area contributed by atoms with Crippen LogP contribution in [0.25, 0.3) is 0 Å². The largest absolute Gasteiger partial charge is 0.508 e. The molecule has 5 heteroatoms. The number of hydrogen-bond acceptors (Lipinski definition) is 3. The van der Waals surface area contributed by atoms with E-state index in [4.69, 9.17) is 0 Å². The lowest BCUT2D eigenvalue weighted by molar-refractivity contribution is 0.0692. The van der Waals surface area contributed by atoms with Crippen molar-refractivity contribution in [1.29, 1.82) is 0 Å². The van der Waals surface area contributed by atoms with Crippen LogP contribution in [0.2, 0.25) is 0 Å². The number of para-hydroxylation sites is 1. The van der Waals surface area contributed by atoms with Gasteiger partial charge in [0.1, 0.15) is 17.7 Å². The molecule has 0 spiro atoms. The smallest absolute Gasteiger partial charge is 0.257 e. The van der Waals surface area contributed by atoms with E-state index < -0.39 is 12.0 Å². The summed E-state index contributed by atoms with van der Waals surface area (Å²) < 4.78 is 14.1. The zero-order valence-electron chi connectivity index (χ0n) is 11.5. The lowest BCUT2D eigenvalue weighted by Gasteiger charge is -2.37. The van der Waals surface area contributed by atoms with E-state index in [1.165, 1.54) is 12.1 Å². The van der Waals surface area contributed by atoms with Crippen molar-refractivity contribution in [2.45, 2.75) is 13.1 Å². The lowest BCUT2D eigenvalue weighted by atomic mass is 10.0. The van der Waals surface area contributed by atoms with E-state index in [0.29, 0.717) is 23.4 Å². The van der Waals surface area contributed by atoms with Gasteiger partial charge in [-0.25, -0.2) is 4.39 Å². The minimum absolute atomic E-state index is 0.135. The Morgan fingerprint density at radius 2 is 2.05 bits per heavy atom. The van der Waals surface area contributed by atoms with Gasteiger partial charge in [0.05, 0.1) is 5.56 Å². The molecule has 0 saturated heterocycles. The maximum Gasteiger partial charge on any atom is 0.257 e. The van der Waals surface area contributed by atoms with E-state index >= 15 is 0 Å². The Kier molecular flexibility index (Phi) is 3.25. The van der Waals surface area contributed by atoms with E-state index in [9.17, 15) is 14.3 Å². The zero-order valence-corrected chi connectivity index (χ0v) is 11.5. The molecule has 0 radical (unpaired) electrons. The molecule has 2 aromatic rings. The predicted octanol–water partition coefficient (Wildman–Crippen LogP) is 3.12. The molecular weight excluding hydrogens is 271 g/mol. The van der Waals surface area contributed by atoms with Crippen molar-refractivity contribution < 1.29 is 14.3 Å². The molecular formula is C16H15FN2O2. The summed E-state index contributed by atoms with van der Waals surface area (Å²) in [5.74, 6) is -0.815. The van der Waals surface area contributed by atoms with E-state index in [1.807, 2.05) is 13.0 Å². The number of carbonyl (C=O) groups is 1. The van der Waals surface area contributed by atoms with Crippen LogP contribution in [0, 0.1) is 5.82 Å². The summed E-state index contributed by atoms with van der Waals surface area (Å²) in [5.41, 5.74) is 1.59. The number of nitrogens with zero attached hydrogens (tertiary/aromatic N) is 1. The first-order valence-electron chi connectivity index (χ1n) is 6.76. The molecule has 1 atom stereocenters. The molecule has 1 unspecified atom stereocenters. The van der Waals surface area contributed by atoms with Crippen LogP contribution < -0.4 is 5.32 Å². The van der Waals surface area contributed by atoms with Gasteiger partial charge in [0, 0.05) is 23.9 Å². The third kappa shape index (κ3) is 2.20. The Morgan fingerprint density at radius 1 is 1.29 bits per heavy atom. The number of anilines is 1. The first kappa shape index (κ1) is 13.4. The number of rotatable bonds is 2. The third-order valence-electron chi connectivity index (χ3n) is 3.64. The quantitative estimate of drug-likeness (QED) is 0.892. The van der Waals surface area contributed by atoms with Crippen molar-refractivity contribution >= 4 is 11.6 Å². The Hall–Kier alpha value is -2.56. The lowest BCUT2D eigenvalue weighted by Crippen LogP contribution is -2.43. The summed E-state index contributed by atoms with van der Waals surface area (Å²) >= 11 is 0. The summed E-state index contributed by atoms with van der Waals surface area (Å²) in [6.07, 6.45) is -0.585. The Labute approximate surface area is 121 Å². The van der Waals surface area contributed by atoms with Gasteiger partial charge in [0.2, 0.25) is 0 Å². The molecule has 108 valence electrons. The fourth-order valence-corrected chi connectivity index (χ4v) is 2.60. The van der Waals surface area contributed by atoms with Crippen LogP contribution in [0.1, 0.15) is 29.0 Å². The number of amides is 1. The van der Waals surface area contributed by atoms with Gasteiger partial charge in [-0.05, 0) is 31.2 Å². The summed E-state index contributed by atoms with van der Waals surface area (Å²) in [4.78, 5) is 14.1. The first-order valence-corrected chi connectivity index (χ1v) is 6.76. The van der Waals surface area contributed by atoms with Gasteiger partial charge < -0.3 is 15.3 Å². The standard InChI is InChI=1S/C16H15FN2O2/c1-2-19-15(11-8-7-10(20)9-13(11)17)18-14-6-4-3-5-12(14)16(19)21/h3-9,15,18,20H,2H2,1H3. The van der Waals surface area contributed by atoms with Crippen LogP contribution in [-0.2, 0) is 0 Å². The number of carbonyl (C=O) groups excluding carboxylic acids is 1. The van der Waals surface area contributed by atoms with Gasteiger partial charge in [0.15, 0.2) is 0 Å². The van der Waals surface area contributed by atoms with Gasteiger partial charge in [-0.2, -0.15) is 0 Å². The SMILES string of the molecule is CCN1C(=O)c2ccccc2NC1c1ccc(O)cc1F. The van der Waals surface area contributed by atoms with Crippen molar-refractivity contribution in [3.05, 3.63) is 59.4 Å². The number of halogens is 1. The molecule has 2 N–H and O–H groups in total. The topological polar surface area (TPSA) is 52.6 Å². The van der Waals surface area contributed by atoms with Crippen LogP contribution in [0.5, 0.6) is 5.75 Å². The maximum absolute atomic E-state index is 14.1. The second kappa shape index (κ2) is 5.09. The van der Waals surface area contributed by atoms with E-state index in [0.717, 1.165) is 6.07 Å². The minimum Gasteiger partial charge on any atom is -0.508 e. The monoisotopic (exact) mass is 286 g/mol. The molecule has 1 aliphatic rings.